The Kier molecular flexibility index (Phi) is 4.13. The van der Waals surface area contributed by atoms with Gasteiger partial charge in [0.2, 0.25) is 0 Å². The highest BCUT2D eigenvalue weighted by Crippen LogP contribution is 2.24. The number of hydrogen-bond donors (Lipinski definition) is 1. The Morgan fingerprint density at radius 3 is 2.42 bits per heavy atom. The lowest BCUT2D eigenvalue weighted by molar-refractivity contribution is -0.384. The minimum atomic E-state index is -0.364. The maximum atomic E-state index is 10.9. The van der Waals surface area contributed by atoms with Gasteiger partial charge in [-0.15, -0.1) is 0 Å². The topological polar surface area (TPSA) is 55.2 Å². The van der Waals surface area contributed by atoms with Crippen molar-refractivity contribution in [1.29, 1.82) is 0 Å². The molecular formula is C15H16N2O2. The van der Waals surface area contributed by atoms with Gasteiger partial charge in [0.15, 0.2) is 0 Å². The van der Waals surface area contributed by atoms with E-state index >= 15 is 0 Å². The summed E-state index contributed by atoms with van der Waals surface area (Å²) in [4.78, 5) is 10.6. The predicted octanol–water partition coefficient (Wildman–Crippen LogP) is 3.64. The summed E-state index contributed by atoms with van der Waals surface area (Å²) in [6.45, 7) is 2.02. The van der Waals surface area contributed by atoms with Gasteiger partial charge in [0.05, 0.1) is 4.92 Å². The van der Waals surface area contributed by atoms with Crippen LogP contribution >= 0.6 is 0 Å². The number of nitrogens with zero attached hydrogens (tertiary/aromatic N) is 1. The molecule has 1 unspecified atom stereocenters. The second-order valence-corrected chi connectivity index (χ2v) is 4.51. The summed E-state index contributed by atoms with van der Waals surface area (Å²) in [5, 5.41) is 14.1. The number of para-hydroxylation sites is 2. The average Bonchev–Trinajstić information content (AvgIpc) is 2.40. The van der Waals surface area contributed by atoms with E-state index in [-0.39, 0.29) is 16.7 Å². The summed E-state index contributed by atoms with van der Waals surface area (Å²) < 4.78 is 0. The monoisotopic (exact) mass is 256 g/mol. The van der Waals surface area contributed by atoms with Gasteiger partial charge in [0, 0.05) is 12.1 Å². The zero-order valence-corrected chi connectivity index (χ0v) is 10.7. The molecule has 4 heteroatoms. The number of nitro benzene ring substituents is 1. The van der Waals surface area contributed by atoms with Crippen molar-refractivity contribution in [3.63, 3.8) is 0 Å². The van der Waals surface area contributed by atoms with Crippen LogP contribution in [-0.4, -0.2) is 11.0 Å². The van der Waals surface area contributed by atoms with Crippen molar-refractivity contribution in [2.45, 2.75) is 19.4 Å². The lowest BCUT2D eigenvalue weighted by atomic mass is 10.1. The molecule has 1 N–H and O–H groups in total. The van der Waals surface area contributed by atoms with E-state index in [2.05, 4.69) is 17.4 Å². The summed E-state index contributed by atoms with van der Waals surface area (Å²) >= 11 is 0. The fourth-order valence-electron chi connectivity index (χ4n) is 2.04. The van der Waals surface area contributed by atoms with Gasteiger partial charge >= 0.3 is 0 Å². The number of hydrogen-bond acceptors (Lipinski definition) is 3. The highest BCUT2D eigenvalue weighted by molar-refractivity contribution is 5.61. The van der Waals surface area contributed by atoms with Gasteiger partial charge in [-0.1, -0.05) is 42.5 Å². The molecule has 0 heterocycles. The molecule has 98 valence electrons. The Bertz CT molecular complexity index is 555. The SMILES string of the molecule is CC(Cc1ccccc1)Nc1ccccc1[N+](=O)[O-]. The van der Waals surface area contributed by atoms with Crippen LogP contribution in [0.3, 0.4) is 0 Å². The maximum Gasteiger partial charge on any atom is 0.292 e. The van der Waals surface area contributed by atoms with Crippen molar-refractivity contribution in [1.82, 2.24) is 0 Å². The second kappa shape index (κ2) is 6.00. The van der Waals surface area contributed by atoms with Gasteiger partial charge in [-0.05, 0) is 25.0 Å². The van der Waals surface area contributed by atoms with E-state index < -0.39 is 0 Å². The minimum Gasteiger partial charge on any atom is -0.377 e. The van der Waals surface area contributed by atoms with Gasteiger partial charge in [0.1, 0.15) is 5.69 Å². The fraction of sp³-hybridized carbons (Fsp3) is 0.200. The van der Waals surface area contributed by atoms with Gasteiger partial charge in [-0.2, -0.15) is 0 Å². The molecule has 0 aliphatic carbocycles. The first-order chi connectivity index (χ1) is 9.16. The van der Waals surface area contributed by atoms with Crippen LogP contribution in [0, 0.1) is 10.1 Å². The Balaban J connectivity index is 2.07. The van der Waals surface area contributed by atoms with Crippen LogP contribution in [0.25, 0.3) is 0 Å². The van der Waals surface area contributed by atoms with E-state index in [4.69, 9.17) is 0 Å². The van der Waals surface area contributed by atoms with E-state index in [1.165, 1.54) is 11.6 Å². The number of nitrogens with one attached hydrogen (secondary N) is 1. The summed E-state index contributed by atoms with van der Waals surface area (Å²) in [6.07, 6.45) is 0.826. The first-order valence-electron chi connectivity index (χ1n) is 6.20. The summed E-state index contributed by atoms with van der Waals surface area (Å²) in [7, 11) is 0. The molecule has 4 nitrogen and oxygen atoms in total. The van der Waals surface area contributed by atoms with Crippen molar-refractivity contribution in [3.8, 4) is 0 Å². The van der Waals surface area contributed by atoms with Crippen LogP contribution in [0.15, 0.2) is 54.6 Å². The van der Waals surface area contributed by atoms with Crippen LogP contribution in [0.4, 0.5) is 11.4 Å². The molecule has 0 spiro atoms. The number of benzene rings is 2. The summed E-state index contributed by atoms with van der Waals surface area (Å²) in [6, 6.07) is 16.9. The first kappa shape index (κ1) is 13.1. The van der Waals surface area contributed by atoms with Gasteiger partial charge in [-0.3, -0.25) is 10.1 Å². The highest BCUT2D eigenvalue weighted by Gasteiger charge is 2.14. The lowest BCUT2D eigenvalue weighted by Gasteiger charge is -2.15. The van der Waals surface area contributed by atoms with Crippen molar-refractivity contribution < 1.29 is 4.92 Å². The molecule has 2 rings (SSSR count). The van der Waals surface area contributed by atoms with Gasteiger partial charge in [0.25, 0.3) is 5.69 Å². The molecule has 0 radical (unpaired) electrons. The average molecular weight is 256 g/mol. The maximum absolute atomic E-state index is 10.9. The smallest absolute Gasteiger partial charge is 0.292 e. The Hall–Kier alpha value is -2.36. The molecular weight excluding hydrogens is 240 g/mol. The van der Waals surface area contributed by atoms with E-state index in [1.54, 1.807) is 18.2 Å². The third kappa shape index (κ3) is 3.55. The quantitative estimate of drug-likeness (QED) is 0.656. The van der Waals surface area contributed by atoms with Crippen LogP contribution in [0.1, 0.15) is 12.5 Å². The number of nitro groups is 1. The Labute approximate surface area is 112 Å². The van der Waals surface area contributed by atoms with Crippen molar-refractivity contribution in [2.24, 2.45) is 0 Å². The molecule has 19 heavy (non-hydrogen) atoms. The summed E-state index contributed by atoms with van der Waals surface area (Å²) in [5.41, 5.74) is 1.89. The molecule has 2 aromatic carbocycles. The number of rotatable bonds is 5. The van der Waals surface area contributed by atoms with E-state index in [1.807, 2.05) is 25.1 Å². The zero-order valence-electron chi connectivity index (χ0n) is 10.7. The van der Waals surface area contributed by atoms with E-state index in [9.17, 15) is 10.1 Å². The van der Waals surface area contributed by atoms with Gasteiger partial charge < -0.3 is 5.32 Å². The summed E-state index contributed by atoms with van der Waals surface area (Å²) in [5.74, 6) is 0. The molecule has 0 bridgehead atoms. The minimum absolute atomic E-state index is 0.113. The number of anilines is 1. The molecule has 0 saturated heterocycles. The third-order valence-corrected chi connectivity index (χ3v) is 2.89. The third-order valence-electron chi connectivity index (χ3n) is 2.89. The van der Waals surface area contributed by atoms with E-state index in [0.29, 0.717) is 5.69 Å². The predicted molar refractivity (Wildman–Crippen MR) is 76.3 cm³/mol. The van der Waals surface area contributed by atoms with E-state index in [0.717, 1.165) is 6.42 Å². The normalized spacial score (nSPS) is 11.8. The zero-order chi connectivity index (χ0) is 13.7. The fourth-order valence-corrected chi connectivity index (χ4v) is 2.04. The molecule has 0 amide bonds. The standard InChI is InChI=1S/C15H16N2O2/c1-12(11-13-7-3-2-4-8-13)16-14-9-5-6-10-15(14)17(18)19/h2-10,12,16H,11H2,1H3. The Morgan fingerprint density at radius 1 is 1.11 bits per heavy atom. The van der Waals surface area contributed by atoms with Gasteiger partial charge in [-0.25, -0.2) is 0 Å². The highest BCUT2D eigenvalue weighted by atomic mass is 16.6. The lowest BCUT2D eigenvalue weighted by Crippen LogP contribution is -2.18. The van der Waals surface area contributed by atoms with Crippen LogP contribution < -0.4 is 5.32 Å². The van der Waals surface area contributed by atoms with Crippen LogP contribution in [0.5, 0.6) is 0 Å². The molecule has 0 saturated carbocycles. The molecule has 0 aromatic heterocycles. The van der Waals surface area contributed by atoms with Crippen LogP contribution in [-0.2, 0) is 6.42 Å². The van der Waals surface area contributed by atoms with Crippen LogP contribution in [0.2, 0.25) is 0 Å². The molecule has 1 atom stereocenters. The molecule has 0 aliphatic rings. The largest absolute Gasteiger partial charge is 0.377 e. The van der Waals surface area contributed by atoms with Crippen molar-refractivity contribution in [3.05, 3.63) is 70.3 Å². The Morgan fingerprint density at radius 2 is 1.74 bits per heavy atom. The molecule has 2 aromatic rings. The molecule has 0 fully saturated rings. The van der Waals surface area contributed by atoms with Crippen molar-refractivity contribution in [2.75, 3.05) is 5.32 Å². The molecule has 0 aliphatic heterocycles. The van der Waals surface area contributed by atoms with Crippen molar-refractivity contribution >= 4 is 11.4 Å². The first-order valence-corrected chi connectivity index (χ1v) is 6.20. The second-order valence-electron chi connectivity index (χ2n) is 4.51.